The van der Waals surface area contributed by atoms with Crippen LogP contribution >= 0.6 is 0 Å². The summed E-state index contributed by atoms with van der Waals surface area (Å²) >= 11 is 0. The second-order valence-electron chi connectivity index (χ2n) is 5.54. The quantitative estimate of drug-likeness (QED) is 0.921. The van der Waals surface area contributed by atoms with Gasteiger partial charge in [-0.15, -0.1) is 0 Å². The number of rotatable bonds is 4. The Kier molecular flexibility index (Phi) is 3.75. The lowest BCUT2D eigenvalue weighted by atomic mass is 9.96. The van der Waals surface area contributed by atoms with Gasteiger partial charge in [-0.25, -0.2) is 0 Å². The molecule has 20 heavy (non-hydrogen) atoms. The van der Waals surface area contributed by atoms with Gasteiger partial charge in [0.1, 0.15) is 5.75 Å². The van der Waals surface area contributed by atoms with Gasteiger partial charge in [0.05, 0.1) is 7.11 Å². The van der Waals surface area contributed by atoms with Crippen molar-refractivity contribution in [1.82, 2.24) is 0 Å². The van der Waals surface area contributed by atoms with E-state index in [1.807, 2.05) is 12.1 Å². The van der Waals surface area contributed by atoms with E-state index in [1.165, 1.54) is 41.5 Å². The van der Waals surface area contributed by atoms with Crippen LogP contribution in [0.2, 0.25) is 0 Å². The van der Waals surface area contributed by atoms with E-state index in [9.17, 15) is 0 Å². The van der Waals surface area contributed by atoms with Crippen molar-refractivity contribution in [2.45, 2.75) is 31.7 Å². The molecule has 2 heteroatoms. The lowest BCUT2D eigenvalue weighted by Gasteiger charge is -2.14. The first-order chi connectivity index (χ1) is 9.76. The number of ether oxygens (including phenoxy) is 1. The molecule has 2 N–H and O–H groups in total. The molecule has 0 saturated carbocycles. The van der Waals surface area contributed by atoms with Gasteiger partial charge in [0, 0.05) is 6.04 Å². The van der Waals surface area contributed by atoms with Crippen LogP contribution in [0.4, 0.5) is 0 Å². The Bertz CT molecular complexity index is 589. The number of hydrogen-bond acceptors (Lipinski definition) is 2. The Hall–Kier alpha value is -1.80. The van der Waals surface area contributed by atoms with Crippen molar-refractivity contribution in [3.8, 4) is 5.75 Å². The van der Waals surface area contributed by atoms with E-state index in [0.29, 0.717) is 0 Å². The molecule has 0 saturated heterocycles. The third-order valence-electron chi connectivity index (χ3n) is 4.17. The van der Waals surface area contributed by atoms with Gasteiger partial charge in [-0.3, -0.25) is 0 Å². The summed E-state index contributed by atoms with van der Waals surface area (Å²) in [6.07, 6.45) is 4.58. The molecule has 1 atom stereocenters. The first-order valence-electron chi connectivity index (χ1n) is 7.26. The molecule has 104 valence electrons. The maximum atomic E-state index is 6.36. The Labute approximate surface area is 120 Å². The molecule has 0 radical (unpaired) electrons. The first kappa shape index (κ1) is 13.2. The second-order valence-corrected chi connectivity index (χ2v) is 5.54. The van der Waals surface area contributed by atoms with Gasteiger partial charge >= 0.3 is 0 Å². The molecule has 0 spiro atoms. The number of methoxy groups -OCH3 is 1. The number of hydrogen-bond donors (Lipinski definition) is 1. The maximum Gasteiger partial charge on any atom is 0.118 e. The highest BCUT2D eigenvalue weighted by molar-refractivity contribution is 5.37. The van der Waals surface area contributed by atoms with E-state index >= 15 is 0 Å². The Morgan fingerprint density at radius 1 is 1.05 bits per heavy atom. The molecule has 1 aliphatic rings. The number of nitrogens with two attached hydrogens (primary N) is 1. The lowest BCUT2D eigenvalue weighted by Crippen LogP contribution is -2.13. The van der Waals surface area contributed by atoms with E-state index in [0.717, 1.165) is 12.2 Å². The summed E-state index contributed by atoms with van der Waals surface area (Å²) < 4.78 is 5.18. The van der Waals surface area contributed by atoms with Crippen LogP contribution in [0.15, 0.2) is 42.5 Å². The fourth-order valence-corrected chi connectivity index (χ4v) is 2.96. The largest absolute Gasteiger partial charge is 0.497 e. The summed E-state index contributed by atoms with van der Waals surface area (Å²) in [5.41, 5.74) is 11.9. The third kappa shape index (κ3) is 2.70. The lowest BCUT2D eigenvalue weighted by molar-refractivity contribution is 0.414. The van der Waals surface area contributed by atoms with E-state index in [2.05, 4.69) is 30.3 Å². The molecule has 0 amide bonds. The molecule has 0 fully saturated rings. The average molecular weight is 267 g/mol. The Morgan fingerprint density at radius 2 is 1.80 bits per heavy atom. The molecule has 3 rings (SSSR count). The highest BCUT2D eigenvalue weighted by Crippen LogP contribution is 2.26. The van der Waals surface area contributed by atoms with Crippen LogP contribution in [-0.4, -0.2) is 7.11 Å². The molecule has 2 nitrogen and oxygen atoms in total. The van der Waals surface area contributed by atoms with Gasteiger partial charge in [0.2, 0.25) is 0 Å². The summed E-state index contributed by atoms with van der Waals surface area (Å²) in [5, 5.41) is 0. The van der Waals surface area contributed by atoms with Gasteiger partial charge in [0.15, 0.2) is 0 Å². The van der Waals surface area contributed by atoms with Crippen LogP contribution in [0, 0.1) is 0 Å². The molecular formula is C18H21NO. The normalized spacial score (nSPS) is 14.9. The maximum absolute atomic E-state index is 6.36. The molecule has 0 aromatic heterocycles. The summed E-state index contributed by atoms with van der Waals surface area (Å²) in [6, 6.07) is 15.0. The number of aryl methyl sites for hydroxylation is 2. The second kappa shape index (κ2) is 5.68. The van der Waals surface area contributed by atoms with Crippen LogP contribution in [0.25, 0.3) is 0 Å². The SMILES string of the molecule is COc1ccc(CC(N)c2ccc3c(c2)CCC3)cc1. The van der Waals surface area contributed by atoms with Crippen molar-refractivity contribution < 1.29 is 4.74 Å². The summed E-state index contributed by atoms with van der Waals surface area (Å²) in [4.78, 5) is 0. The highest BCUT2D eigenvalue weighted by Gasteiger charge is 2.14. The molecular weight excluding hydrogens is 246 g/mol. The molecule has 2 aromatic carbocycles. The average Bonchev–Trinajstić information content (AvgIpc) is 2.95. The predicted molar refractivity (Wildman–Crippen MR) is 82.1 cm³/mol. The first-order valence-corrected chi connectivity index (χ1v) is 7.26. The molecule has 2 aromatic rings. The van der Waals surface area contributed by atoms with Crippen LogP contribution in [0.3, 0.4) is 0 Å². The fourth-order valence-electron chi connectivity index (χ4n) is 2.96. The number of fused-ring (bicyclic) bond motifs is 1. The molecule has 1 unspecified atom stereocenters. The van der Waals surface area contributed by atoms with E-state index in [-0.39, 0.29) is 6.04 Å². The van der Waals surface area contributed by atoms with Crippen molar-refractivity contribution in [2.75, 3.05) is 7.11 Å². The monoisotopic (exact) mass is 267 g/mol. The number of benzene rings is 2. The van der Waals surface area contributed by atoms with E-state index in [4.69, 9.17) is 10.5 Å². The van der Waals surface area contributed by atoms with Crippen LogP contribution in [0.1, 0.15) is 34.7 Å². The van der Waals surface area contributed by atoms with Crippen LogP contribution < -0.4 is 10.5 Å². The molecule has 0 heterocycles. The van der Waals surface area contributed by atoms with E-state index in [1.54, 1.807) is 7.11 Å². The highest BCUT2D eigenvalue weighted by atomic mass is 16.5. The van der Waals surface area contributed by atoms with Crippen LogP contribution in [0.5, 0.6) is 5.75 Å². The zero-order valence-corrected chi connectivity index (χ0v) is 11.9. The van der Waals surface area contributed by atoms with Crippen molar-refractivity contribution in [2.24, 2.45) is 5.73 Å². The Balaban J connectivity index is 1.73. The zero-order chi connectivity index (χ0) is 13.9. The molecule has 1 aliphatic carbocycles. The predicted octanol–water partition coefficient (Wildman–Crippen LogP) is 3.43. The van der Waals surface area contributed by atoms with Crippen LogP contribution in [-0.2, 0) is 19.3 Å². The van der Waals surface area contributed by atoms with Gasteiger partial charge in [0.25, 0.3) is 0 Å². The molecule has 0 bridgehead atoms. The standard InChI is InChI=1S/C18H21NO/c1-20-17-9-5-13(6-10-17)11-18(19)16-8-7-14-3-2-4-15(14)12-16/h5-10,12,18H,2-4,11,19H2,1H3. The summed E-state index contributed by atoms with van der Waals surface area (Å²) in [5.74, 6) is 0.889. The minimum atomic E-state index is 0.0642. The van der Waals surface area contributed by atoms with E-state index < -0.39 is 0 Å². The summed E-state index contributed by atoms with van der Waals surface area (Å²) in [6.45, 7) is 0. The smallest absolute Gasteiger partial charge is 0.118 e. The minimum absolute atomic E-state index is 0.0642. The topological polar surface area (TPSA) is 35.2 Å². The third-order valence-corrected chi connectivity index (χ3v) is 4.17. The Morgan fingerprint density at radius 3 is 2.55 bits per heavy atom. The molecule has 0 aliphatic heterocycles. The van der Waals surface area contributed by atoms with Gasteiger partial charge in [-0.2, -0.15) is 0 Å². The van der Waals surface area contributed by atoms with Crippen molar-refractivity contribution >= 4 is 0 Å². The zero-order valence-electron chi connectivity index (χ0n) is 11.9. The van der Waals surface area contributed by atoms with Crippen molar-refractivity contribution in [3.63, 3.8) is 0 Å². The van der Waals surface area contributed by atoms with Gasteiger partial charge in [-0.05, 0) is 60.1 Å². The fraction of sp³-hybridized carbons (Fsp3) is 0.333. The van der Waals surface area contributed by atoms with Gasteiger partial charge < -0.3 is 10.5 Å². The van der Waals surface area contributed by atoms with Gasteiger partial charge in [-0.1, -0.05) is 30.3 Å². The van der Waals surface area contributed by atoms with Crippen molar-refractivity contribution in [1.29, 1.82) is 0 Å². The summed E-state index contributed by atoms with van der Waals surface area (Å²) in [7, 11) is 1.69. The minimum Gasteiger partial charge on any atom is -0.497 e. The van der Waals surface area contributed by atoms with Crippen molar-refractivity contribution in [3.05, 3.63) is 64.7 Å².